The molecule has 5 nitrogen and oxygen atoms in total. The predicted molar refractivity (Wildman–Crippen MR) is 86.1 cm³/mol. The van der Waals surface area contributed by atoms with Crippen molar-refractivity contribution in [2.24, 2.45) is 5.73 Å². The summed E-state index contributed by atoms with van der Waals surface area (Å²) in [5, 5.41) is 0. The van der Waals surface area contributed by atoms with Crippen LogP contribution < -0.4 is 15.2 Å². The van der Waals surface area contributed by atoms with Gasteiger partial charge in [0, 0.05) is 11.3 Å². The van der Waals surface area contributed by atoms with Crippen molar-refractivity contribution >= 4 is 32.9 Å². The molecule has 0 saturated carbocycles. The number of hydrogen-bond acceptors (Lipinski definition) is 4. The first-order valence-corrected chi connectivity index (χ1v) is 7.88. The molecule has 0 fully saturated rings. The molecule has 0 saturated heterocycles. The third-order valence-corrected chi connectivity index (χ3v) is 4.40. The van der Waals surface area contributed by atoms with Crippen LogP contribution in [0.15, 0.2) is 53.4 Å². The van der Waals surface area contributed by atoms with Crippen LogP contribution in [0.1, 0.15) is 5.56 Å². The monoisotopic (exact) mass is 322 g/mol. The Morgan fingerprint density at radius 1 is 1.19 bits per heavy atom. The van der Waals surface area contributed by atoms with E-state index in [2.05, 4.69) is 4.72 Å². The minimum Gasteiger partial charge on any atom is -0.497 e. The van der Waals surface area contributed by atoms with Crippen LogP contribution in [0.3, 0.4) is 0 Å². The number of thiocarbonyl (C=S) groups is 1. The molecule has 0 bridgehead atoms. The summed E-state index contributed by atoms with van der Waals surface area (Å²) in [4.78, 5) is 0.351. The zero-order chi connectivity index (χ0) is 15.5. The fourth-order valence-electron chi connectivity index (χ4n) is 1.70. The molecule has 0 amide bonds. The van der Waals surface area contributed by atoms with Crippen LogP contribution in [0.25, 0.3) is 0 Å². The fraction of sp³-hybridized carbons (Fsp3) is 0.0714. The molecule has 0 unspecified atom stereocenters. The molecule has 0 aliphatic heterocycles. The van der Waals surface area contributed by atoms with E-state index < -0.39 is 10.0 Å². The Morgan fingerprint density at radius 3 is 2.43 bits per heavy atom. The van der Waals surface area contributed by atoms with Crippen molar-refractivity contribution in [1.82, 2.24) is 0 Å². The van der Waals surface area contributed by atoms with Gasteiger partial charge in [-0.1, -0.05) is 24.4 Å². The summed E-state index contributed by atoms with van der Waals surface area (Å²) >= 11 is 4.87. The number of sulfonamides is 1. The normalized spacial score (nSPS) is 10.9. The number of nitrogens with two attached hydrogens (primary N) is 1. The van der Waals surface area contributed by atoms with Crippen LogP contribution in [0.4, 0.5) is 5.69 Å². The van der Waals surface area contributed by atoms with Gasteiger partial charge in [0.15, 0.2) is 0 Å². The number of nitrogens with one attached hydrogen (secondary N) is 1. The highest BCUT2D eigenvalue weighted by Gasteiger charge is 2.14. The van der Waals surface area contributed by atoms with Gasteiger partial charge in [-0.2, -0.15) is 0 Å². The summed E-state index contributed by atoms with van der Waals surface area (Å²) in [6.07, 6.45) is 0. The zero-order valence-electron chi connectivity index (χ0n) is 11.2. The van der Waals surface area contributed by atoms with E-state index in [1.54, 1.807) is 36.4 Å². The Bertz CT molecular complexity index is 756. The summed E-state index contributed by atoms with van der Waals surface area (Å²) < 4.78 is 32.0. The molecule has 21 heavy (non-hydrogen) atoms. The lowest BCUT2D eigenvalue weighted by Gasteiger charge is -2.09. The Hall–Kier alpha value is -2.12. The van der Waals surface area contributed by atoms with Crippen LogP contribution >= 0.6 is 12.2 Å². The van der Waals surface area contributed by atoms with E-state index in [9.17, 15) is 8.42 Å². The average Bonchev–Trinajstić information content (AvgIpc) is 2.47. The maximum absolute atomic E-state index is 12.3. The molecule has 110 valence electrons. The minimum absolute atomic E-state index is 0.143. The number of methoxy groups -OCH3 is 1. The van der Waals surface area contributed by atoms with E-state index in [1.165, 1.54) is 19.2 Å². The zero-order valence-corrected chi connectivity index (χ0v) is 12.9. The van der Waals surface area contributed by atoms with Crippen molar-refractivity contribution in [1.29, 1.82) is 0 Å². The summed E-state index contributed by atoms with van der Waals surface area (Å²) in [5.74, 6) is 0.587. The second-order valence-electron chi connectivity index (χ2n) is 4.23. The van der Waals surface area contributed by atoms with Gasteiger partial charge < -0.3 is 10.5 Å². The lowest BCUT2D eigenvalue weighted by Crippen LogP contribution is -2.14. The second kappa shape index (κ2) is 6.11. The van der Waals surface area contributed by atoms with Crippen molar-refractivity contribution in [3.8, 4) is 5.75 Å². The van der Waals surface area contributed by atoms with E-state index >= 15 is 0 Å². The Kier molecular flexibility index (Phi) is 4.44. The van der Waals surface area contributed by atoms with E-state index in [-0.39, 0.29) is 9.88 Å². The van der Waals surface area contributed by atoms with Gasteiger partial charge in [0.1, 0.15) is 10.7 Å². The summed E-state index contributed by atoms with van der Waals surface area (Å²) in [5.41, 5.74) is 6.53. The molecule has 0 aliphatic carbocycles. The van der Waals surface area contributed by atoms with Gasteiger partial charge in [-0.25, -0.2) is 8.42 Å². The molecular formula is C14H14N2O3S2. The van der Waals surface area contributed by atoms with Crippen molar-refractivity contribution in [2.45, 2.75) is 4.90 Å². The molecule has 0 spiro atoms. The number of benzene rings is 2. The molecule has 0 aliphatic rings. The maximum Gasteiger partial charge on any atom is 0.261 e. The third kappa shape index (κ3) is 3.71. The maximum atomic E-state index is 12.3. The second-order valence-corrected chi connectivity index (χ2v) is 6.35. The Balaban J connectivity index is 2.28. The van der Waals surface area contributed by atoms with Crippen LogP contribution in [0.2, 0.25) is 0 Å². The largest absolute Gasteiger partial charge is 0.497 e. The molecule has 0 atom stereocenters. The van der Waals surface area contributed by atoms with Gasteiger partial charge in [0.2, 0.25) is 0 Å². The van der Waals surface area contributed by atoms with Crippen LogP contribution in [0, 0.1) is 0 Å². The van der Waals surface area contributed by atoms with Crippen LogP contribution in [-0.2, 0) is 10.0 Å². The quantitative estimate of drug-likeness (QED) is 0.824. The highest BCUT2D eigenvalue weighted by Crippen LogP contribution is 2.19. The van der Waals surface area contributed by atoms with Gasteiger partial charge >= 0.3 is 0 Å². The van der Waals surface area contributed by atoms with Crippen molar-refractivity contribution in [2.75, 3.05) is 11.8 Å². The van der Waals surface area contributed by atoms with Gasteiger partial charge in [-0.05, 0) is 36.4 Å². The number of hydrogen-bond donors (Lipinski definition) is 2. The predicted octanol–water partition coefficient (Wildman–Crippen LogP) is 2.13. The van der Waals surface area contributed by atoms with E-state index in [0.29, 0.717) is 17.0 Å². The molecule has 2 aromatic carbocycles. The summed E-state index contributed by atoms with van der Waals surface area (Å²) in [6, 6.07) is 12.7. The topological polar surface area (TPSA) is 81.4 Å². The highest BCUT2D eigenvalue weighted by atomic mass is 32.2. The number of anilines is 1. The lowest BCUT2D eigenvalue weighted by molar-refractivity contribution is 0.414. The molecule has 3 N–H and O–H groups in total. The highest BCUT2D eigenvalue weighted by molar-refractivity contribution is 7.92. The summed E-state index contributed by atoms with van der Waals surface area (Å²) in [7, 11) is -2.15. The molecule has 0 heterocycles. The van der Waals surface area contributed by atoms with Crippen LogP contribution in [0.5, 0.6) is 5.75 Å². The van der Waals surface area contributed by atoms with Gasteiger partial charge in [-0.3, -0.25) is 4.72 Å². The van der Waals surface area contributed by atoms with Gasteiger partial charge in [0.25, 0.3) is 10.0 Å². The van der Waals surface area contributed by atoms with Crippen molar-refractivity contribution in [3.05, 3.63) is 54.1 Å². The standard InChI is InChI=1S/C14H14N2O3S2/c1-19-12-5-7-13(8-6-12)21(17,18)16-11-4-2-3-10(9-11)14(15)20/h2-9,16H,1H3,(H2,15,20). The Morgan fingerprint density at radius 2 is 1.86 bits per heavy atom. The molecule has 2 rings (SSSR count). The SMILES string of the molecule is COc1ccc(S(=O)(=O)Nc2cccc(C(N)=S)c2)cc1. The first-order valence-electron chi connectivity index (χ1n) is 5.99. The minimum atomic E-state index is -3.67. The van der Waals surface area contributed by atoms with Gasteiger partial charge in [-0.15, -0.1) is 0 Å². The lowest BCUT2D eigenvalue weighted by atomic mass is 10.2. The first kappa shape index (κ1) is 15.3. The molecule has 7 heteroatoms. The first-order chi connectivity index (χ1) is 9.92. The molecule has 0 radical (unpaired) electrons. The third-order valence-electron chi connectivity index (χ3n) is 2.77. The van der Waals surface area contributed by atoms with E-state index in [1.807, 2.05) is 0 Å². The van der Waals surface area contributed by atoms with Gasteiger partial charge in [0.05, 0.1) is 12.0 Å². The van der Waals surface area contributed by atoms with Crippen LogP contribution in [-0.4, -0.2) is 20.5 Å². The molecule has 2 aromatic rings. The van der Waals surface area contributed by atoms with Crippen molar-refractivity contribution in [3.63, 3.8) is 0 Å². The van der Waals surface area contributed by atoms with E-state index in [4.69, 9.17) is 22.7 Å². The molecular weight excluding hydrogens is 308 g/mol. The molecule has 0 aromatic heterocycles. The smallest absolute Gasteiger partial charge is 0.261 e. The summed E-state index contributed by atoms with van der Waals surface area (Å²) in [6.45, 7) is 0. The van der Waals surface area contributed by atoms with E-state index in [0.717, 1.165) is 0 Å². The number of ether oxygens (including phenoxy) is 1. The van der Waals surface area contributed by atoms with Crippen molar-refractivity contribution < 1.29 is 13.2 Å². The average molecular weight is 322 g/mol. The Labute approximate surface area is 128 Å². The fourth-order valence-corrected chi connectivity index (χ4v) is 2.88. The number of rotatable bonds is 5.